The number of fused-ring (bicyclic) bond motifs is 2. The third-order valence-electron chi connectivity index (χ3n) is 4.44. The molecule has 1 aromatic carbocycles. The van der Waals surface area contributed by atoms with Crippen LogP contribution in [0.15, 0.2) is 67.6 Å². The number of nitrogens with one attached hydrogen (secondary N) is 2. The van der Waals surface area contributed by atoms with Gasteiger partial charge in [0, 0.05) is 35.4 Å². The van der Waals surface area contributed by atoms with Gasteiger partial charge in [0.15, 0.2) is 0 Å². The van der Waals surface area contributed by atoms with Crippen LogP contribution in [0.2, 0.25) is 0 Å². The number of nitrogens with zero attached hydrogens (tertiary/aromatic N) is 2. The van der Waals surface area contributed by atoms with Crippen LogP contribution in [-0.2, 0) is 13.0 Å². The van der Waals surface area contributed by atoms with Gasteiger partial charge < -0.3 is 10.6 Å². The van der Waals surface area contributed by atoms with Crippen LogP contribution in [-0.4, -0.2) is 9.61 Å². The zero-order valence-corrected chi connectivity index (χ0v) is 13.5. The van der Waals surface area contributed by atoms with Crippen molar-refractivity contribution in [1.82, 2.24) is 14.9 Å². The normalized spacial score (nSPS) is 13.4. The van der Waals surface area contributed by atoms with E-state index in [4.69, 9.17) is 0 Å². The fraction of sp³-hybridized carbons (Fsp3) is 0.150. The van der Waals surface area contributed by atoms with E-state index in [2.05, 4.69) is 47.1 Å². The second kappa shape index (κ2) is 5.89. The van der Waals surface area contributed by atoms with E-state index in [-0.39, 0.29) is 0 Å². The van der Waals surface area contributed by atoms with E-state index in [0.29, 0.717) is 0 Å². The predicted octanol–water partition coefficient (Wildman–Crippen LogP) is 3.97. The average molecular weight is 316 g/mol. The van der Waals surface area contributed by atoms with Gasteiger partial charge in [0.1, 0.15) is 0 Å². The van der Waals surface area contributed by atoms with Gasteiger partial charge in [-0.3, -0.25) is 0 Å². The molecule has 4 nitrogen and oxygen atoms in total. The van der Waals surface area contributed by atoms with Crippen molar-refractivity contribution in [1.29, 1.82) is 0 Å². The Labute approximate surface area is 141 Å². The van der Waals surface area contributed by atoms with Crippen LogP contribution in [0.4, 0.5) is 5.69 Å². The van der Waals surface area contributed by atoms with Crippen molar-refractivity contribution >= 4 is 16.9 Å². The molecule has 0 aliphatic carbocycles. The molecule has 4 heteroatoms. The van der Waals surface area contributed by atoms with Gasteiger partial charge in [-0.2, -0.15) is 5.10 Å². The molecule has 0 bridgehead atoms. The van der Waals surface area contributed by atoms with E-state index in [1.165, 1.54) is 16.8 Å². The van der Waals surface area contributed by atoms with Crippen LogP contribution in [0.5, 0.6) is 0 Å². The van der Waals surface area contributed by atoms with Crippen LogP contribution >= 0.6 is 0 Å². The fourth-order valence-electron chi connectivity index (χ4n) is 3.08. The minimum absolute atomic E-state index is 0.727. The molecule has 0 radical (unpaired) electrons. The van der Waals surface area contributed by atoms with Gasteiger partial charge in [-0.1, -0.05) is 31.4 Å². The SMILES string of the molecule is C=C1CCc2ccc(CNC(=C)c3cnn4ccccc34)cc2N1. The summed E-state index contributed by atoms with van der Waals surface area (Å²) >= 11 is 0. The third kappa shape index (κ3) is 2.67. The first-order valence-electron chi connectivity index (χ1n) is 8.13. The van der Waals surface area contributed by atoms with Crippen LogP contribution in [0.25, 0.3) is 11.2 Å². The molecule has 0 spiro atoms. The summed E-state index contributed by atoms with van der Waals surface area (Å²) in [5.74, 6) is 0. The first-order chi connectivity index (χ1) is 11.7. The number of benzene rings is 1. The van der Waals surface area contributed by atoms with E-state index >= 15 is 0 Å². The highest BCUT2D eigenvalue weighted by atomic mass is 15.2. The van der Waals surface area contributed by atoms with Crippen molar-refractivity contribution in [2.75, 3.05) is 5.32 Å². The number of hydrogen-bond acceptors (Lipinski definition) is 3. The van der Waals surface area contributed by atoms with Gasteiger partial charge in [0.25, 0.3) is 0 Å². The van der Waals surface area contributed by atoms with Crippen molar-refractivity contribution in [3.63, 3.8) is 0 Å². The Morgan fingerprint density at radius 2 is 2.17 bits per heavy atom. The van der Waals surface area contributed by atoms with Gasteiger partial charge in [-0.05, 0) is 42.2 Å². The molecule has 0 amide bonds. The van der Waals surface area contributed by atoms with Crippen molar-refractivity contribution < 1.29 is 0 Å². The lowest BCUT2D eigenvalue weighted by molar-refractivity contribution is 0.880. The molecule has 0 saturated carbocycles. The van der Waals surface area contributed by atoms with Crippen molar-refractivity contribution in [2.24, 2.45) is 0 Å². The number of aromatic nitrogens is 2. The Bertz CT molecular complexity index is 936. The molecule has 3 heterocycles. The van der Waals surface area contributed by atoms with Gasteiger partial charge in [0.05, 0.1) is 11.7 Å². The standard InChI is InChI=1S/C20H20N4/c1-14-6-8-17-9-7-16(11-19(17)23-14)12-21-15(2)18-13-22-24-10-4-3-5-20(18)24/h3-5,7,9-11,13,21,23H,1-2,6,8,12H2. The number of anilines is 1. The lowest BCUT2D eigenvalue weighted by Crippen LogP contribution is -2.13. The molecule has 1 aliphatic rings. The van der Waals surface area contributed by atoms with Crippen molar-refractivity contribution in [3.8, 4) is 0 Å². The second-order valence-electron chi connectivity index (χ2n) is 6.14. The zero-order chi connectivity index (χ0) is 16.5. The molecule has 1 aliphatic heterocycles. The summed E-state index contributed by atoms with van der Waals surface area (Å²) in [6, 6.07) is 12.6. The maximum atomic E-state index is 4.36. The summed E-state index contributed by atoms with van der Waals surface area (Å²) in [6.45, 7) is 8.92. The first kappa shape index (κ1) is 14.6. The van der Waals surface area contributed by atoms with Crippen molar-refractivity contribution in [2.45, 2.75) is 19.4 Å². The molecule has 0 fully saturated rings. The second-order valence-corrected chi connectivity index (χ2v) is 6.14. The van der Waals surface area contributed by atoms with Crippen molar-refractivity contribution in [3.05, 3.63) is 84.3 Å². The number of allylic oxidation sites excluding steroid dienone is 1. The molecule has 120 valence electrons. The predicted molar refractivity (Wildman–Crippen MR) is 98.6 cm³/mol. The van der Waals surface area contributed by atoms with Gasteiger partial charge in [-0.25, -0.2) is 4.52 Å². The van der Waals surface area contributed by atoms with Crippen LogP contribution in [0.1, 0.15) is 23.1 Å². The quantitative estimate of drug-likeness (QED) is 0.765. The van der Waals surface area contributed by atoms with Crippen LogP contribution in [0, 0.1) is 0 Å². The van der Waals surface area contributed by atoms with Gasteiger partial charge in [-0.15, -0.1) is 0 Å². The molecule has 0 unspecified atom stereocenters. The topological polar surface area (TPSA) is 41.4 Å². The van der Waals surface area contributed by atoms with E-state index in [9.17, 15) is 0 Å². The van der Waals surface area contributed by atoms with Crippen LogP contribution < -0.4 is 10.6 Å². The molecular formula is C20H20N4. The molecule has 2 aromatic heterocycles. The Morgan fingerprint density at radius 3 is 3.08 bits per heavy atom. The first-order valence-corrected chi connectivity index (χ1v) is 8.13. The average Bonchev–Trinajstić information content (AvgIpc) is 3.03. The smallest absolute Gasteiger partial charge is 0.0754 e. The molecule has 2 N–H and O–H groups in total. The zero-order valence-electron chi connectivity index (χ0n) is 13.5. The Balaban J connectivity index is 1.50. The summed E-state index contributed by atoms with van der Waals surface area (Å²) in [5.41, 5.74) is 7.79. The monoisotopic (exact) mass is 316 g/mol. The Morgan fingerprint density at radius 1 is 1.25 bits per heavy atom. The molecule has 24 heavy (non-hydrogen) atoms. The lowest BCUT2D eigenvalue weighted by Gasteiger charge is -2.21. The lowest BCUT2D eigenvalue weighted by atomic mass is 9.99. The fourth-order valence-corrected chi connectivity index (χ4v) is 3.08. The highest BCUT2D eigenvalue weighted by Gasteiger charge is 2.12. The minimum Gasteiger partial charge on any atom is -0.381 e. The maximum absolute atomic E-state index is 4.36. The molecule has 0 saturated heterocycles. The number of rotatable bonds is 4. The molecular weight excluding hydrogens is 296 g/mol. The van der Waals surface area contributed by atoms with E-state index in [1.54, 1.807) is 0 Å². The summed E-state index contributed by atoms with van der Waals surface area (Å²) < 4.78 is 1.86. The number of hydrogen-bond donors (Lipinski definition) is 2. The van der Waals surface area contributed by atoms with Gasteiger partial charge in [0.2, 0.25) is 0 Å². The van der Waals surface area contributed by atoms with Gasteiger partial charge >= 0.3 is 0 Å². The highest BCUT2D eigenvalue weighted by Crippen LogP contribution is 2.27. The van der Waals surface area contributed by atoms with E-state index in [0.717, 1.165) is 41.9 Å². The maximum Gasteiger partial charge on any atom is 0.0754 e. The molecule has 3 aromatic rings. The highest BCUT2D eigenvalue weighted by molar-refractivity contribution is 5.75. The summed E-state index contributed by atoms with van der Waals surface area (Å²) in [5, 5.41) is 11.2. The summed E-state index contributed by atoms with van der Waals surface area (Å²) in [4.78, 5) is 0. The van der Waals surface area contributed by atoms with E-state index in [1.807, 2.05) is 35.1 Å². The number of pyridine rings is 1. The summed E-state index contributed by atoms with van der Waals surface area (Å²) in [7, 11) is 0. The summed E-state index contributed by atoms with van der Waals surface area (Å²) in [6.07, 6.45) is 5.86. The third-order valence-corrected chi connectivity index (χ3v) is 4.44. The largest absolute Gasteiger partial charge is 0.381 e. The van der Waals surface area contributed by atoms with E-state index < -0.39 is 0 Å². The minimum atomic E-state index is 0.727. The Kier molecular flexibility index (Phi) is 3.58. The van der Waals surface area contributed by atoms with Crippen LogP contribution in [0.3, 0.4) is 0 Å². The molecule has 0 atom stereocenters. The Hall–Kier alpha value is -3.01. The number of aryl methyl sites for hydroxylation is 1. The molecule has 4 rings (SSSR count).